The minimum Gasteiger partial charge on any atom is -0.309 e. The van der Waals surface area contributed by atoms with Gasteiger partial charge in [-0.3, -0.25) is 10.1 Å². The molecule has 6 heteroatoms. The Labute approximate surface area is 112 Å². The molecule has 0 fully saturated rings. The Kier molecular flexibility index (Phi) is 6.24. The van der Waals surface area contributed by atoms with Crippen molar-refractivity contribution < 1.29 is 4.92 Å². The van der Waals surface area contributed by atoms with Crippen molar-refractivity contribution in [3.8, 4) is 0 Å². The van der Waals surface area contributed by atoms with E-state index in [9.17, 15) is 10.1 Å². The molecule has 1 unspecified atom stereocenters. The van der Waals surface area contributed by atoms with Crippen LogP contribution in [0.2, 0.25) is 0 Å². The zero-order valence-corrected chi connectivity index (χ0v) is 12.0. The molecule has 0 saturated heterocycles. The van der Waals surface area contributed by atoms with E-state index in [1.165, 1.54) is 11.3 Å². The topological polar surface area (TPSA) is 58.4 Å². The van der Waals surface area contributed by atoms with Crippen molar-refractivity contribution in [1.29, 1.82) is 0 Å². The number of nitrogens with zero attached hydrogens (tertiary/aromatic N) is 2. The number of nitro groups is 1. The van der Waals surface area contributed by atoms with Crippen LogP contribution in [0, 0.1) is 10.1 Å². The largest absolute Gasteiger partial charge is 0.324 e. The van der Waals surface area contributed by atoms with Gasteiger partial charge < -0.3 is 10.2 Å². The van der Waals surface area contributed by atoms with E-state index < -0.39 is 0 Å². The van der Waals surface area contributed by atoms with Crippen LogP contribution in [0.3, 0.4) is 0 Å². The minimum absolute atomic E-state index is 0.211. The number of nitrogens with one attached hydrogen (secondary N) is 1. The second-order valence-electron chi connectivity index (χ2n) is 4.32. The number of likely N-dealkylation sites (N-methyl/N-ethyl adjacent to an activating group) is 1. The first-order valence-electron chi connectivity index (χ1n) is 6.24. The predicted molar refractivity (Wildman–Crippen MR) is 75.1 cm³/mol. The summed E-state index contributed by atoms with van der Waals surface area (Å²) >= 11 is 1.18. The van der Waals surface area contributed by atoms with Crippen molar-refractivity contribution in [2.75, 3.05) is 19.6 Å². The van der Waals surface area contributed by atoms with Crippen molar-refractivity contribution in [3.63, 3.8) is 0 Å². The molecule has 1 aromatic rings. The van der Waals surface area contributed by atoms with Crippen LogP contribution in [-0.4, -0.2) is 35.5 Å². The zero-order valence-electron chi connectivity index (χ0n) is 11.2. The molecule has 0 radical (unpaired) electrons. The highest BCUT2D eigenvalue weighted by molar-refractivity contribution is 7.13. The van der Waals surface area contributed by atoms with Gasteiger partial charge in [0.15, 0.2) is 0 Å². The fourth-order valence-electron chi connectivity index (χ4n) is 1.78. The Morgan fingerprint density at radius 2 is 2.17 bits per heavy atom. The van der Waals surface area contributed by atoms with Gasteiger partial charge in [-0.05, 0) is 25.6 Å². The van der Waals surface area contributed by atoms with E-state index in [2.05, 4.69) is 31.0 Å². The van der Waals surface area contributed by atoms with Crippen LogP contribution in [0.25, 0.3) is 0 Å². The Balaban J connectivity index is 2.37. The fraction of sp³-hybridized carbons (Fsp3) is 0.667. The third kappa shape index (κ3) is 4.72. The molecule has 18 heavy (non-hydrogen) atoms. The van der Waals surface area contributed by atoms with E-state index in [4.69, 9.17) is 0 Å². The maximum Gasteiger partial charge on any atom is 0.324 e. The molecule has 1 atom stereocenters. The van der Waals surface area contributed by atoms with Crippen LogP contribution in [0.4, 0.5) is 5.00 Å². The van der Waals surface area contributed by atoms with Gasteiger partial charge in [-0.1, -0.05) is 25.2 Å². The summed E-state index contributed by atoms with van der Waals surface area (Å²) in [7, 11) is 0. The summed E-state index contributed by atoms with van der Waals surface area (Å²) in [6.45, 7) is 10.2. The lowest BCUT2D eigenvalue weighted by molar-refractivity contribution is -0.380. The number of hydrogen-bond acceptors (Lipinski definition) is 5. The predicted octanol–water partition coefficient (Wildman–Crippen LogP) is 2.48. The number of rotatable bonds is 8. The molecule has 1 heterocycles. The minimum atomic E-state index is -0.340. The van der Waals surface area contributed by atoms with Crippen LogP contribution in [-0.2, 0) is 6.54 Å². The molecule has 0 aliphatic carbocycles. The fourth-order valence-corrected chi connectivity index (χ4v) is 2.51. The summed E-state index contributed by atoms with van der Waals surface area (Å²) in [5.74, 6) is 0. The molecular weight excluding hydrogens is 250 g/mol. The SMILES string of the molecule is CCN(CC)CC(C)NCc1csc([N+](=O)[O-])c1. The molecule has 1 N–H and O–H groups in total. The van der Waals surface area contributed by atoms with Gasteiger partial charge in [0.2, 0.25) is 0 Å². The van der Waals surface area contributed by atoms with Crippen LogP contribution in [0.1, 0.15) is 26.3 Å². The van der Waals surface area contributed by atoms with Crippen molar-refractivity contribution in [2.45, 2.75) is 33.4 Å². The molecule has 0 amide bonds. The summed E-state index contributed by atoms with van der Waals surface area (Å²) < 4.78 is 0. The van der Waals surface area contributed by atoms with Gasteiger partial charge >= 0.3 is 5.00 Å². The first-order chi connectivity index (χ1) is 8.56. The lowest BCUT2D eigenvalue weighted by Gasteiger charge is -2.23. The standard InChI is InChI=1S/C12H21N3O2S/c1-4-14(5-2)8-10(3)13-7-11-6-12(15(16)17)18-9-11/h6,9-10,13H,4-5,7-8H2,1-3H3. The highest BCUT2D eigenvalue weighted by Crippen LogP contribution is 2.22. The smallest absolute Gasteiger partial charge is 0.309 e. The van der Waals surface area contributed by atoms with E-state index >= 15 is 0 Å². The molecule has 1 aromatic heterocycles. The molecule has 0 saturated carbocycles. The van der Waals surface area contributed by atoms with Crippen molar-refractivity contribution in [3.05, 3.63) is 27.1 Å². The third-order valence-electron chi connectivity index (χ3n) is 2.90. The molecule has 1 rings (SSSR count). The van der Waals surface area contributed by atoms with Crippen LogP contribution >= 0.6 is 11.3 Å². The summed E-state index contributed by atoms with van der Waals surface area (Å²) in [5, 5.41) is 16.0. The summed E-state index contributed by atoms with van der Waals surface area (Å²) in [4.78, 5) is 12.6. The molecule has 0 aliphatic rings. The van der Waals surface area contributed by atoms with Gasteiger partial charge in [0.05, 0.1) is 4.92 Å². The van der Waals surface area contributed by atoms with Gasteiger partial charge in [0, 0.05) is 30.6 Å². The summed E-state index contributed by atoms with van der Waals surface area (Å²) in [5.41, 5.74) is 0.984. The van der Waals surface area contributed by atoms with E-state index in [1.807, 2.05) is 5.38 Å². The Bertz CT molecular complexity index is 377. The van der Waals surface area contributed by atoms with Crippen molar-refractivity contribution >= 4 is 16.3 Å². The first kappa shape index (κ1) is 15.1. The molecular formula is C12H21N3O2S. The lowest BCUT2D eigenvalue weighted by atomic mass is 10.2. The summed E-state index contributed by atoms with van der Waals surface area (Å²) in [6.07, 6.45) is 0. The maximum absolute atomic E-state index is 10.6. The molecule has 0 spiro atoms. The van der Waals surface area contributed by atoms with E-state index in [0.29, 0.717) is 12.6 Å². The lowest BCUT2D eigenvalue weighted by Crippen LogP contribution is -2.38. The molecule has 0 aliphatic heterocycles. The van der Waals surface area contributed by atoms with Crippen molar-refractivity contribution in [1.82, 2.24) is 10.2 Å². The molecule has 0 aromatic carbocycles. The monoisotopic (exact) mass is 271 g/mol. The highest BCUT2D eigenvalue weighted by Gasteiger charge is 2.11. The second kappa shape index (κ2) is 7.45. The Morgan fingerprint density at radius 3 is 2.67 bits per heavy atom. The molecule has 5 nitrogen and oxygen atoms in total. The van der Waals surface area contributed by atoms with Gasteiger partial charge in [-0.25, -0.2) is 0 Å². The van der Waals surface area contributed by atoms with Crippen LogP contribution in [0.15, 0.2) is 11.4 Å². The van der Waals surface area contributed by atoms with Gasteiger partial charge in [0.1, 0.15) is 0 Å². The van der Waals surface area contributed by atoms with Gasteiger partial charge in [0.25, 0.3) is 0 Å². The van der Waals surface area contributed by atoms with Gasteiger partial charge in [-0.15, -0.1) is 0 Å². The normalized spacial score (nSPS) is 12.9. The average molecular weight is 271 g/mol. The quantitative estimate of drug-likeness (QED) is 0.583. The molecule has 102 valence electrons. The third-order valence-corrected chi connectivity index (χ3v) is 3.83. The van der Waals surface area contributed by atoms with Crippen LogP contribution in [0.5, 0.6) is 0 Å². The highest BCUT2D eigenvalue weighted by atomic mass is 32.1. The molecule has 0 bridgehead atoms. The second-order valence-corrected chi connectivity index (χ2v) is 5.21. The average Bonchev–Trinajstić information content (AvgIpc) is 2.82. The Hall–Kier alpha value is -0.980. The Morgan fingerprint density at radius 1 is 1.50 bits per heavy atom. The van der Waals surface area contributed by atoms with Crippen molar-refractivity contribution in [2.24, 2.45) is 0 Å². The van der Waals surface area contributed by atoms with E-state index in [-0.39, 0.29) is 9.92 Å². The number of hydrogen-bond donors (Lipinski definition) is 1. The van der Waals surface area contributed by atoms with Crippen LogP contribution < -0.4 is 5.32 Å². The number of thiophene rings is 1. The van der Waals surface area contributed by atoms with Gasteiger partial charge in [-0.2, -0.15) is 0 Å². The maximum atomic E-state index is 10.6. The first-order valence-corrected chi connectivity index (χ1v) is 7.12. The van der Waals surface area contributed by atoms with E-state index in [1.54, 1.807) is 6.07 Å². The zero-order chi connectivity index (χ0) is 13.5. The summed E-state index contributed by atoms with van der Waals surface area (Å²) in [6, 6.07) is 2.02. The van der Waals surface area contributed by atoms with E-state index in [0.717, 1.165) is 25.2 Å².